The summed E-state index contributed by atoms with van der Waals surface area (Å²) in [5.41, 5.74) is 2.13. The van der Waals surface area contributed by atoms with Crippen molar-refractivity contribution in [3.05, 3.63) is 35.4 Å². The molecule has 1 aromatic carbocycles. The molecule has 0 saturated heterocycles. The van der Waals surface area contributed by atoms with Gasteiger partial charge in [0.15, 0.2) is 0 Å². The quantitative estimate of drug-likeness (QED) is 0.666. The summed E-state index contributed by atoms with van der Waals surface area (Å²) in [6, 6.07) is 7.86. The molecule has 0 amide bonds. The molecule has 1 N–H and O–H groups in total. The molecule has 1 rings (SSSR count). The van der Waals surface area contributed by atoms with Gasteiger partial charge in [0.2, 0.25) is 0 Å². The highest BCUT2D eigenvalue weighted by atomic mass is 16.2. The fourth-order valence-electron chi connectivity index (χ4n) is 1.05. The van der Waals surface area contributed by atoms with Crippen LogP contribution in [0.25, 0.3) is 0 Å². The number of aliphatic hydroxyl groups is 1. The van der Waals surface area contributed by atoms with Crippen LogP contribution < -0.4 is 0 Å². The minimum Gasteiger partial charge on any atom is -0.396 e. The van der Waals surface area contributed by atoms with Crippen molar-refractivity contribution in [2.24, 2.45) is 0 Å². The van der Waals surface area contributed by atoms with Gasteiger partial charge in [-0.1, -0.05) is 18.1 Å². The van der Waals surface area contributed by atoms with E-state index in [1.165, 1.54) is 5.56 Å². The second-order valence-electron chi connectivity index (χ2n) is 2.67. The lowest BCUT2D eigenvalue weighted by Crippen LogP contribution is -1.88. The Hall–Kier alpha value is -1.26. The highest BCUT2D eigenvalue weighted by Crippen LogP contribution is 2.05. The molecular formula is C11H12O. The molecule has 0 bridgehead atoms. The van der Waals surface area contributed by atoms with Gasteiger partial charge < -0.3 is 5.11 Å². The molecule has 0 aliphatic heterocycles. The molecule has 0 radical (unpaired) electrons. The number of hydrogen-bond acceptors (Lipinski definition) is 1. The maximum absolute atomic E-state index is 8.60. The van der Waals surface area contributed by atoms with Gasteiger partial charge in [0.1, 0.15) is 0 Å². The summed E-state index contributed by atoms with van der Waals surface area (Å²) >= 11 is 0. The molecule has 1 nitrogen and oxygen atoms in total. The van der Waals surface area contributed by atoms with Crippen LogP contribution in [-0.4, -0.2) is 11.7 Å². The zero-order valence-electron chi connectivity index (χ0n) is 6.96. The molecule has 1 heteroatoms. The van der Waals surface area contributed by atoms with Crippen molar-refractivity contribution in [1.82, 2.24) is 0 Å². The van der Waals surface area contributed by atoms with Crippen molar-refractivity contribution in [2.45, 2.75) is 12.8 Å². The highest BCUT2D eigenvalue weighted by molar-refractivity contribution is 5.34. The topological polar surface area (TPSA) is 20.2 Å². The number of terminal acetylenes is 1. The van der Waals surface area contributed by atoms with Gasteiger partial charge in [0, 0.05) is 12.2 Å². The van der Waals surface area contributed by atoms with E-state index >= 15 is 0 Å². The number of hydrogen-bond donors (Lipinski definition) is 1. The van der Waals surface area contributed by atoms with E-state index in [2.05, 4.69) is 5.92 Å². The second kappa shape index (κ2) is 4.58. The lowest BCUT2D eigenvalue weighted by atomic mass is 10.1. The third-order valence-corrected chi connectivity index (χ3v) is 1.74. The molecule has 0 fully saturated rings. The Morgan fingerprint density at radius 3 is 2.42 bits per heavy atom. The first-order valence-corrected chi connectivity index (χ1v) is 4.03. The van der Waals surface area contributed by atoms with Crippen LogP contribution in [0.15, 0.2) is 24.3 Å². The van der Waals surface area contributed by atoms with Crippen molar-refractivity contribution in [1.29, 1.82) is 0 Å². The van der Waals surface area contributed by atoms with Crippen LogP contribution in [0.3, 0.4) is 0 Å². The van der Waals surface area contributed by atoms with Crippen molar-refractivity contribution in [3.63, 3.8) is 0 Å². The average Bonchev–Trinajstić information content (AvgIpc) is 2.15. The fourth-order valence-corrected chi connectivity index (χ4v) is 1.05. The molecule has 0 atom stereocenters. The summed E-state index contributed by atoms with van der Waals surface area (Å²) in [7, 11) is 0. The molecule has 0 saturated carbocycles. The zero-order chi connectivity index (χ0) is 8.81. The van der Waals surface area contributed by atoms with Gasteiger partial charge in [0.05, 0.1) is 0 Å². The van der Waals surface area contributed by atoms with Gasteiger partial charge in [-0.05, 0) is 30.5 Å². The molecule has 0 aromatic heterocycles. The van der Waals surface area contributed by atoms with Crippen molar-refractivity contribution < 1.29 is 5.11 Å². The Labute approximate surface area is 73.0 Å². The summed E-state index contributed by atoms with van der Waals surface area (Å²) in [5, 5.41) is 8.60. The van der Waals surface area contributed by atoms with E-state index < -0.39 is 0 Å². The lowest BCUT2D eigenvalue weighted by Gasteiger charge is -1.98. The number of aryl methyl sites for hydroxylation is 1. The summed E-state index contributed by atoms with van der Waals surface area (Å²) in [4.78, 5) is 0. The van der Waals surface area contributed by atoms with Crippen LogP contribution in [0.4, 0.5) is 0 Å². The van der Waals surface area contributed by atoms with E-state index in [1.54, 1.807) is 0 Å². The maximum atomic E-state index is 8.60. The number of rotatable bonds is 3. The second-order valence-corrected chi connectivity index (χ2v) is 2.67. The standard InChI is InChI=1S/C11H12O/c1-2-10-5-7-11(8-6-10)4-3-9-12/h1,5-8,12H,3-4,9H2. The third kappa shape index (κ3) is 2.41. The Bertz CT molecular complexity index is 266. The van der Waals surface area contributed by atoms with Crippen molar-refractivity contribution in [3.8, 4) is 12.3 Å². The molecule has 0 aliphatic carbocycles. The van der Waals surface area contributed by atoms with Gasteiger partial charge in [-0.25, -0.2) is 0 Å². The molecule has 0 spiro atoms. The summed E-state index contributed by atoms with van der Waals surface area (Å²) in [5.74, 6) is 2.56. The van der Waals surface area contributed by atoms with E-state index in [-0.39, 0.29) is 6.61 Å². The van der Waals surface area contributed by atoms with Crippen molar-refractivity contribution in [2.75, 3.05) is 6.61 Å². The monoisotopic (exact) mass is 160 g/mol. The van der Waals surface area contributed by atoms with Crippen LogP contribution in [0.2, 0.25) is 0 Å². The van der Waals surface area contributed by atoms with Gasteiger partial charge in [0.25, 0.3) is 0 Å². The van der Waals surface area contributed by atoms with Gasteiger partial charge in [-0.15, -0.1) is 6.42 Å². The Balaban J connectivity index is 2.60. The van der Waals surface area contributed by atoms with Gasteiger partial charge in [-0.3, -0.25) is 0 Å². The molecule has 1 aromatic rings. The molecule has 0 unspecified atom stereocenters. The normalized spacial score (nSPS) is 9.33. The Kier molecular flexibility index (Phi) is 3.37. The number of aliphatic hydroxyl groups excluding tert-OH is 1. The molecular weight excluding hydrogens is 148 g/mol. The Morgan fingerprint density at radius 2 is 1.92 bits per heavy atom. The molecule has 0 heterocycles. The summed E-state index contributed by atoms with van der Waals surface area (Å²) < 4.78 is 0. The molecule has 62 valence electrons. The maximum Gasteiger partial charge on any atom is 0.0434 e. The van der Waals surface area contributed by atoms with E-state index in [0.717, 1.165) is 18.4 Å². The van der Waals surface area contributed by atoms with E-state index in [9.17, 15) is 0 Å². The summed E-state index contributed by atoms with van der Waals surface area (Å²) in [6.07, 6.45) is 6.94. The SMILES string of the molecule is C#Cc1ccc(CCCO)cc1. The van der Waals surface area contributed by atoms with Crippen LogP contribution in [-0.2, 0) is 6.42 Å². The van der Waals surface area contributed by atoms with Crippen LogP contribution in [0.5, 0.6) is 0 Å². The minimum absolute atomic E-state index is 0.247. The smallest absolute Gasteiger partial charge is 0.0434 e. The third-order valence-electron chi connectivity index (χ3n) is 1.74. The van der Waals surface area contributed by atoms with Crippen LogP contribution in [0.1, 0.15) is 17.5 Å². The van der Waals surface area contributed by atoms with Gasteiger partial charge >= 0.3 is 0 Å². The average molecular weight is 160 g/mol. The predicted molar refractivity (Wildman–Crippen MR) is 49.8 cm³/mol. The van der Waals surface area contributed by atoms with Crippen LogP contribution >= 0.6 is 0 Å². The zero-order valence-corrected chi connectivity index (χ0v) is 6.96. The lowest BCUT2D eigenvalue weighted by molar-refractivity contribution is 0.288. The first kappa shape index (κ1) is 8.83. The van der Waals surface area contributed by atoms with E-state index in [4.69, 9.17) is 11.5 Å². The molecule has 12 heavy (non-hydrogen) atoms. The Morgan fingerprint density at radius 1 is 1.25 bits per heavy atom. The van der Waals surface area contributed by atoms with Crippen LogP contribution in [0, 0.1) is 12.3 Å². The largest absolute Gasteiger partial charge is 0.396 e. The number of benzene rings is 1. The van der Waals surface area contributed by atoms with Crippen molar-refractivity contribution >= 4 is 0 Å². The summed E-state index contributed by atoms with van der Waals surface area (Å²) in [6.45, 7) is 0.247. The fraction of sp³-hybridized carbons (Fsp3) is 0.273. The highest BCUT2D eigenvalue weighted by Gasteiger charge is 1.91. The molecule has 0 aliphatic rings. The predicted octanol–water partition coefficient (Wildman–Crippen LogP) is 1.59. The van der Waals surface area contributed by atoms with E-state index in [1.807, 2.05) is 24.3 Å². The van der Waals surface area contributed by atoms with E-state index in [0.29, 0.717) is 0 Å². The van der Waals surface area contributed by atoms with Gasteiger partial charge in [-0.2, -0.15) is 0 Å². The first-order valence-electron chi connectivity index (χ1n) is 4.03. The first-order chi connectivity index (χ1) is 5.86. The minimum atomic E-state index is 0.247.